The Morgan fingerprint density at radius 3 is 2.56 bits per heavy atom. The van der Waals surface area contributed by atoms with Crippen molar-refractivity contribution in [3.05, 3.63) is 77.7 Å². The van der Waals surface area contributed by atoms with Crippen LogP contribution in [0.5, 0.6) is 5.75 Å². The second kappa shape index (κ2) is 12.9. The number of hydrogen-bond donors (Lipinski definition) is 1. The predicted octanol–water partition coefficient (Wildman–Crippen LogP) is 6.38. The van der Waals surface area contributed by atoms with Crippen molar-refractivity contribution in [3.63, 3.8) is 0 Å². The molecular formula is C27H32NO6PS. The van der Waals surface area contributed by atoms with Gasteiger partial charge in [0.15, 0.2) is 0 Å². The lowest BCUT2D eigenvalue weighted by Gasteiger charge is -2.28. The number of ether oxygens (including phenoxy) is 2. The monoisotopic (exact) mass is 529 g/mol. The summed E-state index contributed by atoms with van der Waals surface area (Å²) >= 11 is 1.36. The van der Waals surface area contributed by atoms with Gasteiger partial charge in [-0.3, -0.25) is 9.36 Å². The summed E-state index contributed by atoms with van der Waals surface area (Å²) < 4.78 is 31.4. The summed E-state index contributed by atoms with van der Waals surface area (Å²) in [5.41, 5.74) is 0.464. The third-order valence-corrected chi connectivity index (χ3v) is 9.05. The van der Waals surface area contributed by atoms with Gasteiger partial charge < -0.3 is 14.0 Å². The van der Waals surface area contributed by atoms with Crippen LogP contribution in [0.2, 0.25) is 0 Å². The van der Waals surface area contributed by atoms with Crippen LogP contribution in [0, 0.1) is 0 Å². The third kappa shape index (κ3) is 7.29. The van der Waals surface area contributed by atoms with Crippen molar-refractivity contribution in [2.75, 3.05) is 13.2 Å². The SMILES string of the molecule is C=CCOC(=O)c1cc2cc(CC(C)P(=O)(N[C@@H](C)C(=O)OCCC)Oc3ccccc3)ccc2s1. The summed E-state index contributed by atoms with van der Waals surface area (Å²) in [4.78, 5) is 25.1. The van der Waals surface area contributed by atoms with Gasteiger partial charge in [0, 0.05) is 4.70 Å². The standard InChI is InChI=1S/C27H32NO6PS/c1-5-14-32-26(29)20(4)28-35(31,34-23-10-8-7-9-11-23)19(3)16-21-12-13-24-22(17-21)18-25(36-24)27(30)33-15-6-2/h6-13,17-20H,2,5,14-16H2,1,3-4H3,(H,28,31)/t19?,20-,35?/m0/s1. The largest absolute Gasteiger partial charge is 0.465 e. The minimum Gasteiger partial charge on any atom is -0.465 e. The van der Waals surface area contributed by atoms with E-state index in [-0.39, 0.29) is 12.6 Å². The van der Waals surface area contributed by atoms with E-state index in [4.69, 9.17) is 14.0 Å². The van der Waals surface area contributed by atoms with Crippen molar-refractivity contribution in [3.8, 4) is 5.75 Å². The second-order valence-electron chi connectivity index (χ2n) is 8.44. The quantitative estimate of drug-likeness (QED) is 0.156. The van der Waals surface area contributed by atoms with E-state index >= 15 is 0 Å². The van der Waals surface area contributed by atoms with Gasteiger partial charge in [-0.05, 0) is 55.0 Å². The fraction of sp³-hybridized carbons (Fsp3) is 0.333. The molecule has 0 amide bonds. The summed E-state index contributed by atoms with van der Waals surface area (Å²) in [6, 6.07) is 15.7. The Bertz CT molecular complexity index is 1240. The molecule has 1 aromatic heterocycles. The molecule has 0 fully saturated rings. The molecule has 0 saturated carbocycles. The van der Waals surface area contributed by atoms with Crippen LogP contribution in [0.3, 0.4) is 0 Å². The normalized spacial score (nSPS) is 14.4. The lowest BCUT2D eigenvalue weighted by atomic mass is 10.1. The molecule has 192 valence electrons. The number of esters is 2. The van der Waals surface area contributed by atoms with E-state index in [1.807, 2.05) is 38.1 Å². The molecule has 1 heterocycles. The minimum absolute atomic E-state index is 0.157. The summed E-state index contributed by atoms with van der Waals surface area (Å²) in [6.07, 6.45) is 2.65. The molecule has 7 nitrogen and oxygen atoms in total. The summed E-state index contributed by atoms with van der Waals surface area (Å²) in [6.45, 7) is 9.38. The average Bonchev–Trinajstić information content (AvgIpc) is 3.30. The first kappa shape index (κ1) is 27.7. The summed E-state index contributed by atoms with van der Waals surface area (Å²) in [5, 5.41) is 3.84. The highest BCUT2D eigenvalue weighted by molar-refractivity contribution is 7.58. The molecule has 2 unspecified atom stereocenters. The molecule has 0 bridgehead atoms. The van der Waals surface area contributed by atoms with Crippen LogP contribution in [0.25, 0.3) is 10.1 Å². The molecular weight excluding hydrogens is 497 g/mol. The molecule has 3 rings (SSSR count). The molecule has 0 aliphatic carbocycles. The first-order valence-electron chi connectivity index (χ1n) is 11.8. The molecule has 0 spiro atoms. The van der Waals surface area contributed by atoms with Crippen molar-refractivity contribution in [2.24, 2.45) is 0 Å². The van der Waals surface area contributed by atoms with Crippen molar-refractivity contribution in [2.45, 2.75) is 45.3 Å². The van der Waals surface area contributed by atoms with E-state index in [2.05, 4.69) is 11.7 Å². The maximum absolute atomic E-state index is 14.1. The fourth-order valence-electron chi connectivity index (χ4n) is 3.52. The predicted molar refractivity (Wildman–Crippen MR) is 144 cm³/mol. The van der Waals surface area contributed by atoms with Crippen molar-refractivity contribution in [1.82, 2.24) is 5.09 Å². The minimum atomic E-state index is -3.56. The number of hydrogen-bond acceptors (Lipinski definition) is 7. The Labute approximate surface area is 216 Å². The van der Waals surface area contributed by atoms with Gasteiger partial charge in [0.2, 0.25) is 0 Å². The first-order chi connectivity index (χ1) is 17.3. The van der Waals surface area contributed by atoms with Crippen LogP contribution < -0.4 is 9.61 Å². The van der Waals surface area contributed by atoms with Gasteiger partial charge in [0.25, 0.3) is 0 Å². The average molecular weight is 530 g/mol. The first-order valence-corrected chi connectivity index (χ1v) is 14.4. The Hall–Kier alpha value is -2.93. The zero-order valence-electron chi connectivity index (χ0n) is 20.8. The van der Waals surface area contributed by atoms with Crippen molar-refractivity contribution < 1.29 is 28.2 Å². The highest BCUT2D eigenvalue weighted by Crippen LogP contribution is 2.49. The summed E-state index contributed by atoms with van der Waals surface area (Å²) in [5.74, 6) is -0.415. The van der Waals surface area contributed by atoms with E-state index in [1.54, 1.807) is 37.3 Å². The van der Waals surface area contributed by atoms with Gasteiger partial charge in [-0.2, -0.15) is 0 Å². The van der Waals surface area contributed by atoms with E-state index in [0.717, 1.165) is 15.6 Å². The molecule has 0 aliphatic rings. The van der Waals surface area contributed by atoms with Gasteiger partial charge in [0.1, 0.15) is 23.3 Å². The van der Waals surface area contributed by atoms with Gasteiger partial charge in [-0.1, -0.05) is 56.8 Å². The van der Waals surface area contributed by atoms with Crippen LogP contribution >= 0.6 is 18.9 Å². The van der Waals surface area contributed by atoms with Gasteiger partial charge in [-0.25, -0.2) is 9.88 Å². The Kier molecular flexibility index (Phi) is 9.88. The molecule has 2 aromatic carbocycles. The molecule has 0 radical (unpaired) electrons. The molecule has 9 heteroatoms. The zero-order valence-corrected chi connectivity index (χ0v) is 22.5. The smallest absolute Gasteiger partial charge is 0.348 e. The molecule has 3 aromatic rings. The highest BCUT2D eigenvalue weighted by atomic mass is 32.1. The molecule has 3 atom stereocenters. The van der Waals surface area contributed by atoms with E-state index in [0.29, 0.717) is 30.1 Å². The maximum Gasteiger partial charge on any atom is 0.348 e. The lowest BCUT2D eigenvalue weighted by molar-refractivity contribution is -0.145. The van der Waals surface area contributed by atoms with Crippen molar-refractivity contribution >= 4 is 40.9 Å². The summed E-state index contributed by atoms with van der Waals surface area (Å²) in [7, 11) is -3.56. The van der Waals surface area contributed by atoms with Crippen LogP contribution in [0.1, 0.15) is 42.4 Å². The zero-order chi connectivity index (χ0) is 26.1. The van der Waals surface area contributed by atoms with Crippen LogP contribution in [0.15, 0.2) is 67.3 Å². The van der Waals surface area contributed by atoms with Gasteiger partial charge >= 0.3 is 19.5 Å². The second-order valence-corrected chi connectivity index (χ2v) is 12.0. The van der Waals surface area contributed by atoms with Gasteiger partial charge in [-0.15, -0.1) is 11.3 Å². The third-order valence-electron chi connectivity index (χ3n) is 5.39. The van der Waals surface area contributed by atoms with Crippen LogP contribution in [0.4, 0.5) is 0 Å². The molecule has 0 aliphatic heterocycles. The Balaban J connectivity index is 1.81. The molecule has 1 N–H and O–H groups in total. The van der Waals surface area contributed by atoms with E-state index in [9.17, 15) is 14.2 Å². The number of rotatable bonds is 13. The number of thiophene rings is 1. The van der Waals surface area contributed by atoms with Gasteiger partial charge in [0.05, 0.1) is 12.3 Å². The topological polar surface area (TPSA) is 90.9 Å². The number of benzene rings is 2. The fourth-order valence-corrected chi connectivity index (χ4v) is 6.47. The number of carbonyl (C=O) groups is 2. The maximum atomic E-state index is 14.1. The van der Waals surface area contributed by atoms with Crippen LogP contribution in [-0.4, -0.2) is 36.9 Å². The van der Waals surface area contributed by atoms with E-state index < -0.39 is 25.2 Å². The van der Waals surface area contributed by atoms with E-state index in [1.165, 1.54) is 17.4 Å². The Morgan fingerprint density at radius 2 is 1.86 bits per heavy atom. The Morgan fingerprint density at radius 1 is 1.11 bits per heavy atom. The number of para-hydroxylation sites is 1. The molecule has 36 heavy (non-hydrogen) atoms. The van der Waals surface area contributed by atoms with Crippen molar-refractivity contribution in [1.29, 1.82) is 0 Å². The number of carbonyl (C=O) groups excluding carboxylic acids is 2. The number of fused-ring (bicyclic) bond motifs is 1. The molecule has 0 saturated heterocycles. The van der Waals surface area contributed by atoms with Crippen LogP contribution in [-0.2, 0) is 25.3 Å². The number of nitrogens with one attached hydrogen (secondary N) is 1. The lowest BCUT2D eigenvalue weighted by Crippen LogP contribution is -2.37. The highest BCUT2D eigenvalue weighted by Gasteiger charge is 2.36.